The van der Waals surface area contributed by atoms with Gasteiger partial charge in [-0.3, -0.25) is 10.1 Å². The van der Waals surface area contributed by atoms with Crippen molar-refractivity contribution < 1.29 is 44.2 Å². The number of aromatic hydroxyl groups is 1. The van der Waals surface area contributed by atoms with Gasteiger partial charge < -0.3 is 50.4 Å². The molecule has 2 aromatic carbocycles. The predicted molar refractivity (Wildman–Crippen MR) is 256 cm³/mol. The summed E-state index contributed by atoms with van der Waals surface area (Å²) in [5.41, 5.74) is 10.1. The number of aliphatic hydroxyl groups excluding tert-OH is 3. The van der Waals surface area contributed by atoms with Crippen LogP contribution in [0.25, 0.3) is 0 Å². The molecule has 0 aromatic heterocycles. The molecule has 8 N–H and O–H groups in total. The highest BCUT2D eigenvalue weighted by Gasteiger charge is 2.44. The molecule has 6 bridgehead atoms. The van der Waals surface area contributed by atoms with E-state index < -0.39 is 29.9 Å². The van der Waals surface area contributed by atoms with E-state index in [1.165, 1.54) is 7.11 Å². The second kappa shape index (κ2) is 22.8. The molecule has 6 aliphatic rings. The lowest BCUT2D eigenvalue weighted by Gasteiger charge is -2.45. The number of carbonyl (C=O) groups excluding carboxylic acids is 1. The van der Waals surface area contributed by atoms with Crippen molar-refractivity contribution in [2.24, 2.45) is 34.4 Å². The van der Waals surface area contributed by atoms with Gasteiger partial charge in [-0.15, -0.1) is 0 Å². The third-order valence-corrected chi connectivity index (χ3v) is 16.7. The van der Waals surface area contributed by atoms with Gasteiger partial charge in [0.2, 0.25) is 6.29 Å². The van der Waals surface area contributed by atoms with Gasteiger partial charge in [-0.25, -0.2) is 4.99 Å². The van der Waals surface area contributed by atoms with E-state index in [2.05, 4.69) is 54.2 Å². The number of benzene rings is 2. The lowest BCUT2D eigenvalue weighted by molar-refractivity contribution is -0.121. The Kier molecular flexibility index (Phi) is 17.2. The third-order valence-electron chi connectivity index (χ3n) is 14.2. The second-order valence-corrected chi connectivity index (χ2v) is 21.2. The molecule has 65 heavy (non-hydrogen) atoms. The number of phenolic OH excluding ortho intramolecular Hbond substituents is 1. The Hall–Kier alpha value is -3.80. The first kappa shape index (κ1) is 49.1. The molecule has 4 heterocycles. The van der Waals surface area contributed by atoms with Gasteiger partial charge >= 0.3 is 0 Å². The Labute approximate surface area is 392 Å². The van der Waals surface area contributed by atoms with Crippen LogP contribution in [0.3, 0.4) is 0 Å². The zero-order valence-electron chi connectivity index (χ0n) is 38.3. The minimum Gasteiger partial charge on any atom is -0.504 e. The van der Waals surface area contributed by atoms with E-state index in [-0.39, 0.29) is 79.8 Å². The number of guanidine groups is 1. The van der Waals surface area contributed by atoms with Crippen LogP contribution in [0.2, 0.25) is 0 Å². The second-order valence-electron chi connectivity index (χ2n) is 18.6. The average Bonchev–Trinajstić information content (AvgIpc) is 3.28. The molecule has 0 radical (unpaired) electrons. The first-order valence-corrected chi connectivity index (χ1v) is 25.9. The van der Waals surface area contributed by atoms with Gasteiger partial charge in [0.1, 0.15) is 12.5 Å². The number of Topliss-reactive ketones (excluding diaryl/α,β-unsaturated/α-hetero) is 1. The number of ketones is 1. The van der Waals surface area contributed by atoms with Crippen LogP contribution in [-0.2, 0) is 35.2 Å². The molecule has 354 valence electrons. The number of phenols is 1. The number of methoxy groups -OCH3 is 2. The molecule has 0 amide bonds. The van der Waals surface area contributed by atoms with Crippen LogP contribution < -0.4 is 30.6 Å². The smallest absolute Gasteiger partial charge is 0.201 e. The normalized spacial score (nSPS) is 29.2. The van der Waals surface area contributed by atoms with Crippen LogP contribution in [0.4, 0.5) is 0 Å². The molecular formula is C50H68N4O9S2. The Morgan fingerprint density at radius 1 is 1.02 bits per heavy atom. The summed E-state index contributed by atoms with van der Waals surface area (Å²) in [6.45, 7) is 4.39. The van der Waals surface area contributed by atoms with Gasteiger partial charge in [0.05, 0.1) is 43.6 Å². The number of aryl methyl sites for hydroxylation is 2. The summed E-state index contributed by atoms with van der Waals surface area (Å²) in [4.78, 5) is 18.2. The van der Waals surface area contributed by atoms with E-state index in [1.54, 1.807) is 40.8 Å². The Balaban J connectivity index is 1.37. The van der Waals surface area contributed by atoms with Crippen molar-refractivity contribution in [1.29, 1.82) is 0 Å². The largest absolute Gasteiger partial charge is 0.504 e. The van der Waals surface area contributed by atoms with E-state index in [0.717, 1.165) is 60.1 Å². The van der Waals surface area contributed by atoms with E-state index in [1.807, 2.05) is 0 Å². The van der Waals surface area contributed by atoms with Gasteiger partial charge in [-0.05, 0) is 80.4 Å². The summed E-state index contributed by atoms with van der Waals surface area (Å²) in [6.07, 6.45) is 5.80. The van der Waals surface area contributed by atoms with E-state index in [4.69, 9.17) is 29.7 Å². The maximum absolute atomic E-state index is 13.3. The Morgan fingerprint density at radius 3 is 2.63 bits per heavy atom. The molecule has 1 fully saturated rings. The molecular weight excluding hydrogens is 865 g/mol. The van der Waals surface area contributed by atoms with Gasteiger partial charge in [0.25, 0.3) is 0 Å². The summed E-state index contributed by atoms with van der Waals surface area (Å²) >= 11 is 0. The molecule has 9 atom stereocenters. The fourth-order valence-corrected chi connectivity index (χ4v) is 13.1. The standard InChI is InChI=1S/C50H68N4O9S2/c1-30(2)43-28-65-64-27-41-40-25-39-32-14-18-36(57)24-35(56)17-13-31-15-20-44(58)46(61-4)38(31)11-7-9-33(23-32)45(47(39)63-48(40)59)62-29-52-50(22-8-12-42(41)53-49(51)54-43)21-6-5-10-34(50)16-19-37(26-55)60-3/h15,20,23,30,34,36-37,40-43,48,52,55,57-59H,5-6,9-10,13-14,16-19,21-22,24-29H2,1-4H3,(H3,51,53,54)/t34-,36+,37-,40-,41-,42+,43-,48+,50-/m0/s1. The quantitative estimate of drug-likeness (QED) is 0.137. The number of aliphatic imine (C=N–C) groups is 1. The maximum Gasteiger partial charge on any atom is 0.201 e. The minimum absolute atomic E-state index is 0.00841. The van der Waals surface area contributed by atoms with Crippen LogP contribution in [0.5, 0.6) is 23.0 Å². The van der Waals surface area contributed by atoms with Crippen molar-refractivity contribution >= 4 is 33.3 Å². The summed E-state index contributed by atoms with van der Waals surface area (Å²) in [5.74, 6) is 16.6. The summed E-state index contributed by atoms with van der Waals surface area (Å²) < 4.78 is 24.8. The Bertz CT molecular complexity index is 2150. The number of carbonyl (C=O) groups is 1. The van der Waals surface area contributed by atoms with Crippen molar-refractivity contribution in [1.82, 2.24) is 10.6 Å². The van der Waals surface area contributed by atoms with Crippen LogP contribution in [-0.4, -0.2) is 107 Å². The maximum atomic E-state index is 13.3. The number of hydrogen-bond acceptors (Lipinski definition) is 15. The average molecular weight is 933 g/mol. The molecule has 0 saturated heterocycles. The molecule has 2 aromatic rings. The number of nitrogens with one attached hydrogen (secondary N) is 2. The number of hydrogen-bond donors (Lipinski definition) is 7. The number of nitrogens with two attached hydrogens (primary N) is 1. The summed E-state index contributed by atoms with van der Waals surface area (Å²) in [5, 5.41) is 51.7. The highest BCUT2D eigenvalue weighted by Crippen LogP contribution is 2.47. The molecule has 0 unspecified atom stereocenters. The monoisotopic (exact) mass is 932 g/mol. The van der Waals surface area contributed by atoms with Crippen molar-refractivity contribution in [2.45, 2.75) is 140 Å². The van der Waals surface area contributed by atoms with Crippen molar-refractivity contribution in [3.8, 4) is 46.7 Å². The molecule has 13 nitrogen and oxygen atoms in total. The Morgan fingerprint density at radius 2 is 1.85 bits per heavy atom. The number of nitrogens with zero attached hydrogens (tertiary/aromatic N) is 1. The highest BCUT2D eigenvalue weighted by atomic mass is 33.1. The van der Waals surface area contributed by atoms with E-state index in [0.29, 0.717) is 67.3 Å². The molecule has 2 aliphatic carbocycles. The van der Waals surface area contributed by atoms with Gasteiger partial charge in [-0.2, -0.15) is 0 Å². The first-order valence-electron chi connectivity index (χ1n) is 23.4. The van der Waals surface area contributed by atoms with Crippen LogP contribution >= 0.6 is 21.6 Å². The number of aliphatic hydroxyl groups is 3. The van der Waals surface area contributed by atoms with Gasteiger partial charge in [0, 0.05) is 72.8 Å². The number of ether oxygens (including phenoxy) is 4. The topological polar surface area (TPSA) is 197 Å². The molecule has 1 spiro atoms. The van der Waals surface area contributed by atoms with E-state index >= 15 is 0 Å². The van der Waals surface area contributed by atoms with Crippen molar-refractivity contribution in [3.05, 3.63) is 46.0 Å². The summed E-state index contributed by atoms with van der Waals surface area (Å²) in [7, 11) is 6.64. The summed E-state index contributed by atoms with van der Waals surface area (Å²) in [6, 6.07) is 4.96. The molecule has 1 saturated carbocycles. The van der Waals surface area contributed by atoms with Crippen LogP contribution in [0.15, 0.2) is 23.2 Å². The first-order chi connectivity index (χ1) is 31.4. The third kappa shape index (κ3) is 11.8. The minimum atomic E-state index is -1.22. The zero-order valence-corrected chi connectivity index (χ0v) is 40.0. The van der Waals surface area contributed by atoms with Crippen molar-refractivity contribution in [2.75, 3.05) is 39.1 Å². The highest BCUT2D eigenvalue weighted by molar-refractivity contribution is 8.76. The molecule has 4 aliphatic heterocycles. The van der Waals surface area contributed by atoms with Gasteiger partial charge in [-0.1, -0.05) is 84.1 Å². The molecule has 8 rings (SSSR count). The molecule has 15 heteroatoms. The van der Waals surface area contributed by atoms with Crippen LogP contribution in [0, 0.1) is 47.4 Å². The van der Waals surface area contributed by atoms with Gasteiger partial charge in [0.15, 0.2) is 29.0 Å². The van der Waals surface area contributed by atoms with E-state index in [9.17, 15) is 25.2 Å². The fraction of sp³-hybridized carbons (Fsp3) is 0.640. The lowest BCUT2D eigenvalue weighted by atomic mass is 9.69. The van der Waals surface area contributed by atoms with Crippen molar-refractivity contribution in [3.63, 3.8) is 0 Å². The fourth-order valence-electron chi connectivity index (χ4n) is 10.2. The lowest BCUT2D eigenvalue weighted by Crippen LogP contribution is -2.54. The SMILES string of the molecule is COc1c(O)ccc2c1C#CCc1cc(c3c4c1OCN[C@]1(CC#C[C@H]5NC(N)=N[C@H](C(C)C)CSSC[C@H]5[C@H](C3)[C@H](O)O4)CCCC[C@H]1CC[C@@H](CO)OC)CC[C@@H](O)CC(=O)CC2. The van der Waals surface area contributed by atoms with Crippen LogP contribution in [0.1, 0.15) is 106 Å². The number of fused-ring (bicyclic) bond motifs is 7. The zero-order chi connectivity index (χ0) is 46.1. The predicted octanol–water partition coefficient (Wildman–Crippen LogP) is 5.42. The number of rotatable bonds is 7.